The van der Waals surface area contributed by atoms with Gasteiger partial charge in [-0.1, -0.05) is 13.0 Å². The standard InChI is InChI=1S/C17H23F2NO3/c1-2-3-17(22)23-11-15(21)10-20(14-6-7-14)9-12-4-5-13(18)8-16(12)19/h4-5,8,14-15,21H,2-3,6-7,9-11H2,1H3. The van der Waals surface area contributed by atoms with Gasteiger partial charge in [0.1, 0.15) is 24.3 Å². The van der Waals surface area contributed by atoms with Crippen molar-refractivity contribution in [2.24, 2.45) is 0 Å². The lowest BCUT2D eigenvalue weighted by molar-refractivity contribution is -0.147. The maximum absolute atomic E-state index is 13.8. The van der Waals surface area contributed by atoms with Crippen LogP contribution in [0.5, 0.6) is 0 Å². The first-order chi connectivity index (χ1) is 11.0. The van der Waals surface area contributed by atoms with Crippen LogP contribution in [0.4, 0.5) is 8.78 Å². The molecule has 23 heavy (non-hydrogen) atoms. The minimum absolute atomic E-state index is 0.0616. The fourth-order valence-electron chi connectivity index (χ4n) is 2.44. The molecular weight excluding hydrogens is 304 g/mol. The minimum atomic E-state index is -0.820. The van der Waals surface area contributed by atoms with Crippen LogP contribution >= 0.6 is 0 Å². The van der Waals surface area contributed by atoms with Gasteiger partial charge in [-0.2, -0.15) is 0 Å². The molecule has 0 aliphatic heterocycles. The van der Waals surface area contributed by atoms with Crippen molar-refractivity contribution in [1.82, 2.24) is 4.90 Å². The Morgan fingerprint density at radius 1 is 1.43 bits per heavy atom. The molecule has 1 atom stereocenters. The normalized spacial score (nSPS) is 15.7. The number of esters is 1. The number of hydrogen-bond donors (Lipinski definition) is 1. The van der Waals surface area contributed by atoms with E-state index in [0.717, 1.165) is 18.9 Å². The van der Waals surface area contributed by atoms with Gasteiger partial charge in [0.2, 0.25) is 0 Å². The molecule has 1 aliphatic carbocycles. The molecule has 0 spiro atoms. The van der Waals surface area contributed by atoms with Gasteiger partial charge in [0.15, 0.2) is 0 Å². The summed E-state index contributed by atoms with van der Waals surface area (Å²) in [7, 11) is 0. The topological polar surface area (TPSA) is 49.8 Å². The van der Waals surface area contributed by atoms with E-state index in [1.165, 1.54) is 12.1 Å². The first-order valence-corrected chi connectivity index (χ1v) is 8.01. The van der Waals surface area contributed by atoms with Crippen molar-refractivity contribution in [2.45, 2.75) is 51.3 Å². The van der Waals surface area contributed by atoms with Gasteiger partial charge in [0, 0.05) is 37.2 Å². The van der Waals surface area contributed by atoms with Crippen molar-refractivity contribution in [3.63, 3.8) is 0 Å². The fourth-order valence-corrected chi connectivity index (χ4v) is 2.44. The predicted molar refractivity (Wildman–Crippen MR) is 81.7 cm³/mol. The SMILES string of the molecule is CCCC(=O)OCC(O)CN(Cc1ccc(F)cc1F)C1CC1. The molecule has 0 bridgehead atoms. The molecule has 1 N–H and O–H groups in total. The second-order valence-corrected chi connectivity index (χ2v) is 5.98. The molecule has 0 saturated heterocycles. The Morgan fingerprint density at radius 2 is 2.17 bits per heavy atom. The molecule has 4 nitrogen and oxygen atoms in total. The fraction of sp³-hybridized carbons (Fsp3) is 0.588. The Labute approximate surface area is 135 Å². The highest BCUT2D eigenvalue weighted by Crippen LogP contribution is 2.29. The highest BCUT2D eigenvalue weighted by atomic mass is 19.1. The van der Waals surface area contributed by atoms with Gasteiger partial charge in [0.25, 0.3) is 0 Å². The summed E-state index contributed by atoms with van der Waals surface area (Å²) in [6.07, 6.45) is 2.20. The van der Waals surface area contributed by atoms with Crippen LogP contribution in [0.1, 0.15) is 38.2 Å². The van der Waals surface area contributed by atoms with E-state index in [0.29, 0.717) is 37.5 Å². The predicted octanol–water partition coefficient (Wildman–Crippen LogP) is 2.63. The molecule has 1 aliphatic rings. The Bertz CT molecular complexity index is 535. The lowest BCUT2D eigenvalue weighted by atomic mass is 10.2. The molecule has 0 heterocycles. The molecule has 0 aromatic heterocycles. The second-order valence-electron chi connectivity index (χ2n) is 5.98. The highest BCUT2D eigenvalue weighted by Gasteiger charge is 2.31. The monoisotopic (exact) mass is 327 g/mol. The molecule has 6 heteroatoms. The largest absolute Gasteiger partial charge is 0.463 e. The van der Waals surface area contributed by atoms with Crippen molar-refractivity contribution in [3.8, 4) is 0 Å². The van der Waals surface area contributed by atoms with Crippen LogP contribution in [0.25, 0.3) is 0 Å². The van der Waals surface area contributed by atoms with Crippen molar-refractivity contribution in [1.29, 1.82) is 0 Å². The van der Waals surface area contributed by atoms with Gasteiger partial charge in [-0.15, -0.1) is 0 Å². The molecule has 1 unspecified atom stereocenters. The summed E-state index contributed by atoms with van der Waals surface area (Å²) in [5, 5.41) is 10.0. The summed E-state index contributed by atoms with van der Waals surface area (Å²) < 4.78 is 31.7. The van der Waals surface area contributed by atoms with Gasteiger partial charge in [0.05, 0.1) is 0 Å². The number of carbonyl (C=O) groups excluding carboxylic acids is 1. The van der Waals surface area contributed by atoms with Crippen LogP contribution < -0.4 is 0 Å². The number of rotatable bonds is 9. The maximum Gasteiger partial charge on any atom is 0.305 e. The lowest BCUT2D eigenvalue weighted by Crippen LogP contribution is -2.36. The van der Waals surface area contributed by atoms with Crippen molar-refractivity contribution < 1.29 is 23.4 Å². The van der Waals surface area contributed by atoms with Crippen LogP contribution in [-0.4, -0.2) is 41.3 Å². The van der Waals surface area contributed by atoms with Crippen molar-refractivity contribution >= 4 is 5.97 Å². The van der Waals surface area contributed by atoms with Crippen molar-refractivity contribution in [3.05, 3.63) is 35.4 Å². The van der Waals surface area contributed by atoms with Crippen molar-refractivity contribution in [2.75, 3.05) is 13.2 Å². The van der Waals surface area contributed by atoms with E-state index in [1.807, 2.05) is 11.8 Å². The minimum Gasteiger partial charge on any atom is -0.463 e. The molecule has 1 fully saturated rings. The van der Waals surface area contributed by atoms with E-state index < -0.39 is 17.7 Å². The maximum atomic E-state index is 13.8. The summed E-state index contributed by atoms with van der Waals surface area (Å²) in [5.41, 5.74) is 0.397. The zero-order valence-corrected chi connectivity index (χ0v) is 13.3. The molecule has 1 aromatic carbocycles. The van der Waals surface area contributed by atoms with Crippen LogP contribution in [0.3, 0.4) is 0 Å². The van der Waals surface area contributed by atoms with Gasteiger partial charge in [-0.05, 0) is 25.3 Å². The summed E-state index contributed by atoms with van der Waals surface area (Å²) in [5.74, 6) is -1.51. The Hall–Kier alpha value is -1.53. The molecule has 1 saturated carbocycles. The van der Waals surface area contributed by atoms with E-state index in [2.05, 4.69) is 0 Å². The first kappa shape index (κ1) is 17.8. The molecular formula is C17H23F2NO3. The zero-order chi connectivity index (χ0) is 16.8. The molecule has 0 radical (unpaired) electrons. The van der Waals surface area contributed by atoms with Crippen LogP contribution in [-0.2, 0) is 16.1 Å². The van der Waals surface area contributed by atoms with Gasteiger partial charge in [-0.3, -0.25) is 9.69 Å². The van der Waals surface area contributed by atoms with Crippen LogP contribution in [0, 0.1) is 11.6 Å². The summed E-state index contributed by atoms with van der Waals surface area (Å²) in [6.45, 7) is 2.41. The smallest absolute Gasteiger partial charge is 0.305 e. The first-order valence-electron chi connectivity index (χ1n) is 8.01. The number of ether oxygens (including phenoxy) is 1. The molecule has 2 rings (SSSR count). The van der Waals surface area contributed by atoms with Gasteiger partial charge >= 0.3 is 5.97 Å². The second kappa shape index (κ2) is 8.36. The quantitative estimate of drug-likeness (QED) is 0.709. The van der Waals surface area contributed by atoms with E-state index in [-0.39, 0.29) is 12.6 Å². The summed E-state index contributed by atoms with van der Waals surface area (Å²) in [4.78, 5) is 13.3. The van der Waals surface area contributed by atoms with E-state index in [1.54, 1.807) is 0 Å². The summed E-state index contributed by atoms with van der Waals surface area (Å²) in [6, 6.07) is 3.81. The van der Waals surface area contributed by atoms with Gasteiger partial charge < -0.3 is 9.84 Å². The van der Waals surface area contributed by atoms with E-state index in [4.69, 9.17) is 4.74 Å². The number of carbonyl (C=O) groups is 1. The molecule has 1 aromatic rings. The third-order valence-corrected chi connectivity index (χ3v) is 3.79. The van der Waals surface area contributed by atoms with Gasteiger partial charge in [-0.25, -0.2) is 8.78 Å². The van der Waals surface area contributed by atoms with Crippen LogP contribution in [0.15, 0.2) is 18.2 Å². The number of aliphatic hydroxyl groups excluding tert-OH is 1. The van der Waals surface area contributed by atoms with E-state index in [9.17, 15) is 18.7 Å². The number of benzene rings is 1. The molecule has 128 valence electrons. The highest BCUT2D eigenvalue weighted by molar-refractivity contribution is 5.69. The average Bonchev–Trinajstić information content (AvgIpc) is 3.32. The molecule has 0 amide bonds. The number of aliphatic hydroxyl groups is 1. The Balaban J connectivity index is 1.87. The Kier molecular flexibility index (Phi) is 6.47. The number of nitrogens with zero attached hydrogens (tertiary/aromatic N) is 1. The number of halogens is 2. The lowest BCUT2D eigenvalue weighted by Gasteiger charge is -2.25. The van der Waals surface area contributed by atoms with Crippen LogP contribution in [0.2, 0.25) is 0 Å². The zero-order valence-electron chi connectivity index (χ0n) is 13.3. The summed E-state index contributed by atoms with van der Waals surface area (Å²) >= 11 is 0. The van der Waals surface area contributed by atoms with E-state index >= 15 is 0 Å². The average molecular weight is 327 g/mol. The number of hydrogen-bond acceptors (Lipinski definition) is 4. The Morgan fingerprint density at radius 3 is 2.78 bits per heavy atom. The third-order valence-electron chi connectivity index (χ3n) is 3.79. The third kappa shape index (κ3) is 5.88.